The number of nitriles is 1. The van der Waals surface area contributed by atoms with Gasteiger partial charge in [0.15, 0.2) is 0 Å². The van der Waals surface area contributed by atoms with Crippen molar-refractivity contribution in [3.05, 3.63) is 27.7 Å². The summed E-state index contributed by atoms with van der Waals surface area (Å²) in [4.78, 5) is 11.2. The molecule has 1 rings (SSSR count). The molecule has 1 aromatic carbocycles. The van der Waals surface area contributed by atoms with Crippen LogP contribution in [0.4, 0.5) is 0 Å². The lowest BCUT2D eigenvalue weighted by Crippen LogP contribution is -2.07. The standard InChI is InChI=1S/C11H10BrNO3/c1-2-16-10(14)5-7-3-4-9(12)8(6-13)11(7)15/h3-4,15H,2,5H2,1H3. The smallest absolute Gasteiger partial charge is 0.310 e. The van der Waals surface area contributed by atoms with Gasteiger partial charge >= 0.3 is 5.97 Å². The summed E-state index contributed by atoms with van der Waals surface area (Å²) in [6.45, 7) is 2.00. The molecule has 0 spiro atoms. The van der Waals surface area contributed by atoms with Crippen LogP contribution < -0.4 is 0 Å². The zero-order valence-electron chi connectivity index (χ0n) is 8.66. The molecule has 0 unspecified atom stereocenters. The van der Waals surface area contributed by atoms with Crippen molar-refractivity contribution in [2.45, 2.75) is 13.3 Å². The zero-order chi connectivity index (χ0) is 12.1. The van der Waals surface area contributed by atoms with Crippen molar-refractivity contribution in [1.29, 1.82) is 5.26 Å². The number of ether oxygens (including phenoxy) is 1. The summed E-state index contributed by atoms with van der Waals surface area (Å²) in [6, 6.07) is 5.06. The topological polar surface area (TPSA) is 70.3 Å². The molecule has 0 saturated carbocycles. The molecule has 1 aromatic rings. The molecule has 0 atom stereocenters. The van der Waals surface area contributed by atoms with Gasteiger partial charge in [0.05, 0.1) is 13.0 Å². The fourth-order valence-electron chi connectivity index (χ4n) is 1.23. The molecule has 84 valence electrons. The maximum atomic E-state index is 11.2. The minimum Gasteiger partial charge on any atom is -0.506 e. The molecule has 0 amide bonds. The molecule has 4 nitrogen and oxygen atoms in total. The number of esters is 1. The number of carbonyl (C=O) groups excluding carboxylic acids is 1. The lowest BCUT2D eigenvalue weighted by atomic mass is 10.1. The van der Waals surface area contributed by atoms with Crippen molar-refractivity contribution >= 4 is 21.9 Å². The highest BCUT2D eigenvalue weighted by atomic mass is 79.9. The molecule has 0 saturated heterocycles. The first-order chi connectivity index (χ1) is 7.60. The van der Waals surface area contributed by atoms with Crippen molar-refractivity contribution in [3.8, 4) is 11.8 Å². The van der Waals surface area contributed by atoms with Gasteiger partial charge in [-0.3, -0.25) is 4.79 Å². The second-order valence-electron chi connectivity index (χ2n) is 3.02. The Morgan fingerprint density at radius 1 is 1.62 bits per heavy atom. The molecular weight excluding hydrogens is 274 g/mol. The quantitative estimate of drug-likeness (QED) is 0.863. The first-order valence-electron chi connectivity index (χ1n) is 4.66. The van der Waals surface area contributed by atoms with Crippen LogP contribution in [0, 0.1) is 11.3 Å². The number of carbonyl (C=O) groups is 1. The minimum absolute atomic E-state index is 0.0400. The maximum Gasteiger partial charge on any atom is 0.310 e. The van der Waals surface area contributed by atoms with Crippen LogP contribution in [-0.2, 0) is 16.0 Å². The summed E-state index contributed by atoms with van der Waals surface area (Å²) in [5.74, 6) is -0.603. The van der Waals surface area contributed by atoms with Gasteiger partial charge in [0, 0.05) is 10.0 Å². The third-order valence-corrected chi connectivity index (χ3v) is 2.62. The van der Waals surface area contributed by atoms with Crippen LogP contribution in [0.15, 0.2) is 16.6 Å². The fourth-order valence-corrected chi connectivity index (χ4v) is 1.63. The Kier molecular flexibility index (Phi) is 4.32. The number of nitrogens with zero attached hydrogens (tertiary/aromatic N) is 1. The largest absolute Gasteiger partial charge is 0.506 e. The van der Waals surface area contributed by atoms with E-state index >= 15 is 0 Å². The molecule has 0 aliphatic carbocycles. The van der Waals surface area contributed by atoms with Gasteiger partial charge < -0.3 is 9.84 Å². The van der Waals surface area contributed by atoms with Gasteiger partial charge in [-0.15, -0.1) is 0 Å². The average Bonchev–Trinajstić information content (AvgIpc) is 2.23. The van der Waals surface area contributed by atoms with Crippen LogP contribution in [0.1, 0.15) is 18.1 Å². The summed E-state index contributed by atoms with van der Waals surface area (Å²) in [5.41, 5.74) is 0.514. The van der Waals surface area contributed by atoms with Gasteiger partial charge in [-0.05, 0) is 28.9 Å². The monoisotopic (exact) mass is 283 g/mol. The lowest BCUT2D eigenvalue weighted by Gasteiger charge is -2.06. The van der Waals surface area contributed by atoms with Crippen molar-refractivity contribution in [3.63, 3.8) is 0 Å². The van der Waals surface area contributed by atoms with Crippen LogP contribution in [0.2, 0.25) is 0 Å². The summed E-state index contributed by atoms with van der Waals surface area (Å²) in [7, 11) is 0. The molecule has 0 bridgehead atoms. The number of hydrogen-bond acceptors (Lipinski definition) is 4. The Bertz CT molecular complexity index is 451. The van der Waals surface area contributed by atoms with Crippen LogP contribution in [0.5, 0.6) is 5.75 Å². The molecule has 16 heavy (non-hydrogen) atoms. The fraction of sp³-hybridized carbons (Fsp3) is 0.273. The van der Waals surface area contributed by atoms with Gasteiger partial charge in [-0.2, -0.15) is 5.26 Å². The van der Waals surface area contributed by atoms with Crippen LogP contribution in [0.25, 0.3) is 0 Å². The minimum atomic E-state index is -0.427. The van der Waals surface area contributed by atoms with E-state index in [0.717, 1.165) is 0 Å². The number of phenols is 1. The van der Waals surface area contributed by atoms with E-state index in [1.165, 1.54) is 0 Å². The Morgan fingerprint density at radius 2 is 2.31 bits per heavy atom. The molecule has 0 aliphatic rings. The molecule has 0 heterocycles. The third kappa shape index (κ3) is 2.74. The molecule has 0 aliphatic heterocycles. The molecule has 0 radical (unpaired) electrons. The number of aromatic hydroxyl groups is 1. The predicted molar refractivity (Wildman–Crippen MR) is 60.9 cm³/mol. The number of benzene rings is 1. The summed E-state index contributed by atoms with van der Waals surface area (Å²) < 4.78 is 5.26. The van der Waals surface area contributed by atoms with E-state index in [-0.39, 0.29) is 17.7 Å². The van der Waals surface area contributed by atoms with Gasteiger partial charge in [-0.1, -0.05) is 6.07 Å². The maximum absolute atomic E-state index is 11.2. The van der Waals surface area contributed by atoms with Crippen LogP contribution in [0.3, 0.4) is 0 Å². The molecular formula is C11H10BrNO3. The number of hydrogen-bond donors (Lipinski definition) is 1. The van der Waals surface area contributed by atoms with E-state index in [2.05, 4.69) is 15.9 Å². The number of rotatable bonds is 3. The van der Waals surface area contributed by atoms with E-state index in [4.69, 9.17) is 10.00 Å². The van der Waals surface area contributed by atoms with Gasteiger partial charge in [0.1, 0.15) is 17.4 Å². The Morgan fingerprint density at radius 3 is 2.88 bits per heavy atom. The summed E-state index contributed by atoms with van der Waals surface area (Å²) in [6.07, 6.45) is -0.0400. The van der Waals surface area contributed by atoms with E-state index in [9.17, 15) is 9.90 Å². The van der Waals surface area contributed by atoms with E-state index in [0.29, 0.717) is 16.6 Å². The van der Waals surface area contributed by atoms with E-state index in [1.54, 1.807) is 19.1 Å². The van der Waals surface area contributed by atoms with Gasteiger partial charge in [0.2, 0.25) is 0 Å². The SMILES string of the molecule is CCOC(=O)Cc1ccc(Br)c(C#N)c1O. The average molecular weight is 284 g/mol. The highest BCUT2D eigenvalue weighted by molar-refractivity contribution is 9.10. The zero-order valence-corrected chi connectivity index (χ0v) is 10.2. The lowest BCUT2D eigenvalue weighted by molar-refractivity contribution is -0.142. The molecule has 5 heteroatoms. The second kappa shape index (κ2) is 5.52. The molecule has 0 fully saturated rings. The first-order valence-corrected chi connectivity index (χ1v) is 5.45. The summed E-state index contributed by atoms with van der Waals surface area (Å²) in [5, 5.41) is 18.5. The molecule has 0 aromatic heterocycles. The van der Waals surface area contributed by atoms with Crippen LogP contribution >= 0.6 is 15.9 Å². The van der Waals surface area contributed by atoms with Gasteiger partial charge in [-0.25, -0.2) is 0 Å². The number of halogens is 1. The van der Waals surface area contributed by atoms with Crippen molar-refractivity contribution in [1.82, 2.24) is 0 Å². The van der Waals surface area contributed by atoms with Gasteiger partial charge in [0.25, 0.3) is 0 Å². The highest BCUT2D eigenvalue weighted by Crippen LogP contribution is 2.29. The van der Waals surface area contributed by atoms with Crippen molar-refractivity contribution in [2.24, 2.45) is 0 Å². The number of phenolic OH excluding ortho intramolecular Hbond substituents is 1. The predicted octanol–water partition coefficient (Wildman–Crippen LogP) is 2.13. The normalized spacial score (nSPS) is 9.56. The van der Waals surface area contributed by atoms with Crippen LogP contribution in [-0.4, -0.2) is 17.7 Å². The Hall–Kier alpha value is -1.54. The second-order valence-corrected chi connectivity index (χ2v) is 3.88. The highest BCUT2D eigenvalue weighted by Gasteiger charge is 2.14. The molecule has 1 N–H and O–H groups in total. The van der Waals surface area contributed by atoms with E-state index in [1.807, 2.05) is 6.07 Å². The van der Waals surface area contributed by atoms with E-state index < -0.39 is 5.97 Å². The van der Waals surface area contributed by atoms with Crippen molar-refractivity contribution < 1.29 is 14.6 Å². The first kappa shape index (κ1) is 12.5. The Labute approximate surface area is 102 Å². The summed E-state index contributed by atoms with van der Waals surface area (Å²) >= 11 is 3.14. The van der Waals surface area contributed by atoms with Crippen molar-refractivity contribution in [2.75, 3.05) is 6.61 Å². The Balaban J connectivity index is 2.99. The third-order valence-electron chi connectivity index (χ3n) is 1.96.